The van der Waals surface area contributed by atoms with Crippen molar-refractivity contribution in [2.24, 2.45) is 0 Å². The van der Waals surface area contributed by atoms with Crippen LogP contribution >= 0.6 is 0 Å². The summed E-state index contributed by atoms with van der Waals surface area (Å²) in [6.45, 7) is 5.90. The molecule has 0 aliphatic heterocycles. The summed E-state index contributed by atoms with van der Waals surface area (Å²) in [5, 5.41) is 8.35. The third kappa shape index (κ3) is 3.43. The summed E-state index contributed by atoms with van der Waals surface area (Å²) in [7, 11) is 0. The van der Waals surface area contributed by atoms with E-state index >= 15 is 0 Å². The van der Waals surface area contributed by atoms with E-state index < -0.39 is 0 Å². The maximum atomic E-state index is 13.3. The Hall–Kier alpha value is -3.35. The van der Waals surface area contributed by atoms with Gasteiger partial charge in [0.2, 0.25) is 0 Å². The molecule has 3 aromatic heterocycles. The number of fused-ring (bicyclic) bond motifs is 1. The molecular weight excluding hydrogens is 357 g/mol. The number of hydrogen-bond donors (Lipinski definition) is 1. The Morgan fingerprint density at radius 3 is 2.61 bits per heavy atom. The fraction of sp³-hybridized carbons (Fsp3) is 0.238. The standard InChI is InChI=1S/C21H20FN5O/c1-4-18-26-21(28-27-18)17-11-23-20-16(10-5-12(2)24-20)19(17)25-13(3)14-6-8-15(22)9-7-14/h5-11,13H,4H2,1-3H3,(H,23,24,25)/t13-/m0/s1. The smallest absolute Gasteiger partial charge is 0.261 e. The van der Waals surface area contributed by atoms with E-state index in [2.05, 4.69) is 25.4 Å². The minimum atomic E-state index is -0.261. The first-order valence-corrected chi connectivity index (χ1v) is 9.16. The average Bonchev–Trinajstić information content (AvgIpc) is 3.17. The molecule has 1 atom stereocenters. The van der Waals surface area contributed by atoms with Gasteiger partial charge in [-0.2, -0.15) is 4.98 Å². The van der Waals surface area contributed by atoms with Crippen LogP contribution in [-0.4, -0.2) is 20.1 Å². The van der Waals surface area contributed by atoms with Crippen LogP contribution in [0.15, 0.2) is 47.1 Å². The quantitative estimate of drug-likeness (QED) is 0.535. The number of nitrogens with one attached hydrogen (secondary N) is 1. The maximum absolute atomic E-state index is 13.3. The molecule has 142 valence electrons. The minimum absolute atomic E-state index is 0.0835. The lowest BCUT2D eigenvalue weighted by Crippen LogP contribution is -2.09. The molecule has 28 heavy (non-hydrogen) atoms. The van der Waals surface area contributed by atoms with Crippen LogP contribution in [-0.2, 0) is 6.42 Å². The van der Waals surface area contributed by atoms with Crippen molar-refractivity contribution in [3.63, 3.8) is 0 Å². The monoisotopic (exact) mass is 377 g/mol. The minimum Gasteiger partial charge on any atom is -0.377 e. The van der Waals surface area contributed by atoms with Crippen LogP contribution in [0.5, 0.6) is 0 Å². The molecule has 0 aliphatic carbocycles. The fourth-order valence-corrected chi connectivity index (χ4v) is 3.05. The molecule has 0 saturated carbocycles. The maximum Gasteiger partial charge on any atom is 0.261 e. The zero-order valence-electron chi connectivity index (χ0n) is 15.9. The van der Waals surface area contributed by atoms with E-state index in [9.17, 15) is 4.39 Å². The van der Waals surface area contributed by atoms with Gasteiger partial charge in [-0.05, 0) is 43.7 Å². The highest BCUT2D eigenvalue weighted by Gasteiger charge is 2.19. The van der Waals surface area contributed by atoms with E-state index in [1.54, 1.807) is 18.3 Å². The molecule has 1 aromatic carbocycles. The Kier molecular flexibility index (Phi) is 4.73. The Labute approximate surface area is 161 Å². The number of anilines is 1. The summed E-state index contributed by atoms with van der Waals surface area (Å²) < 4.78 is 18.7. The van der Waals surface area contributed by atoms with Crippen LogP contribution in [0.1, 0.15) is 37.0 Å². The lowest BCUT2D eigenvalue weighted by Gasteiger charge is -2.19. The number of aryl methyl sites for hydroxylation is 2. The molecule has 4 rings (SSSR count). The van der Waals surface area contributed by atoms with Crippen LogP contribution in [0.4, 0.5) is 10.1 Å². The van der Waals surface area contributed by atoms with Gasteiger partial charge in [0, 0.05) is 29.7 Å². The molecule has 3 heterocycles. The highest BCUT2D eigenvalue weighted by atomic mass is 19.1. The van der Waals surface area contributed by atoms with Crippen LogP contribution in [0, 0.1) is 12.7 Å². The lowest BCUT2D eigenvalue weighted by atomic mass is 10.1. The van der Waals surface area contributed by atoms with Gasteiger partial charge in [-0.25, -0.2) is 14.4 Å². The zero-order chi connectivity index (χ0) is 19.7. The first-order chi connectivity index (χ1) is 13.5. The third-order valence-corrected chi connectivity index (χ3v) is 4.61. The normalized spacial score (nSPS) is 12.3. The number of pyridine rings is 2. The molecule has 0 amide bonds. The van der Waals surface area contributed by atoms with Crippen LogP contribution in [0.3, 0.4) is 0 Å². The average molecular weight is 377 g/mol. The molecule has 1 N–H and O–H groups in total. The van der Waals surface area contributed by atoms with Crippen LogP contribution < -0.4 is 5.32 Å². The largest absolute Gasteiger partial charge is 0.377 e. The lowest BCUT2D eigenvalue weighted by molar-refractivity contribution is 0.423. The van der Waals surface area contributed by atoms with E-state index in [1.807, 2.05) is 32.9 Å². The number of aromatic nitrogens is 4. The second kappa shape index (κ2) is 7.34. The molecule has 0 aliphatic rings. The van der Waals surface area contributed by atoms with Crippen molar-refractivity contribution in [1.29, 1.82) is 0 Å². The summed E-state index contributed by atoms with van der Waals surface area (Å²) in [6.07, 6.45) is 2.38. The summed E-state index contributed by atoms with van der Waals surface area (Å²) in [4.78, 5) is 13.4. The molecule has 0 radical (unpaired) electrons. The van der Waals surface area contributed by atoms with Gasteiger partial charge < -0.3 is 9.84 Å². The Morgan fingerprint density at radius 2 is 1.89 bits per heavy atom. The van der Waals surface area contributed by atoms with Crippen LogP contribution in [0.2, 0.25) is 0 Å². The van der Waals surface area contributed by atoms with Gasteiger partial charge >= 0.3 is 0 Å². The summed E-state index contributed by atoms with van der Waals surface area (Å²) in [5.74, 6) is 0.777. The predicted molar refractivity (Wildman–Crippen MR) is 105 cm³/mol. The van der Waals surface area contributed by atoms with E-state index in [-0.39, 0.29) is 11.9 Å². The van der Waals surface area contributed by atoms with Crippen LogP contribution in [0.25, 0.3) is 22.5 Å². The molecule has 0 spiro atoms. The molecule has 0 bridgehead atoms. The van der Waals surface area contributed by atoms with Crippen molar-refractivity contribution in [1.82, 2.24) is 20.1 Å². The molecule has 0 unspecified atom stereocenters. The number of halogens is 1. The summed E-state index contributed by atoms with van der Waals surface area (Å²) in [6, 6.07) is 10.3. The second-order valence-electron chi connectivity index (χ2n) is 6.66. The van der Waals surface area contributed by atoms with Gasteiger partial charge in [0.1, 0.15) is 5.82 Å². The molecule has 0 saturated heterocycles. The SMILES string of the molecule is CCc1noc(-c2cnc3nc(C)ccc3c2N[C@@H](C)c2ccc(F)cc2)n1. The Balaban J connectivity index is 1.82. The molecular formula is C21H20FN5O. The topological polar surface area (TPSA) is 76.7 Å². The number of hydrogen-bond acceptors (Lipinski definition) is 6. The third-order valence-electron chi connectivity index (χ3n) is 4.61. The van der Waals surface area contributed by atoms with E-state index in [0.717, 1.165) is 22.3 Å². The first-order valence-electron chi connectivity index (χ1n) is 9.16. The van der Waals surface area contributed by atoms with Gasteiger partial charge in [0.05, 0.1) is 11.3 Å². The zero-order valence-corrected chi connectivity index (χ0v) is 15.9. The van der Waals surface area contributed by atoms with Crippen molar-refractivity contribution >= 4 is 16.7 Å². The van der Waals surface area contributed by atoms with Crippen molar-refractivity contribution in [3.8, 4) is 11.5 Å². The summed E-state index contributed by atoms with van der Waals surface area (Å²) in [5.41, 5.74) is 3.99. The number of rotatable bonds is 5. The van der Waals surface area contributed by atoms with Crippen molar-refractivity contribution in [3.05, 3.63) is 65.5 Å². The van der Waals surface area contributed by atoms with E-state index in [4.69, 9.17) is 4.52 Å². The molecule has 7 heteroatoms. The van der Waals surface area contributed by atoms with Gasteiger partial charge in [0.15, 0.2) is 11.5 Å². The highest BCUT2D eigenvalue weighted by Crippen LogP contribution is 2.35. The van der Waals surface area contributed by atoms with Crippen molar-refractivity contribution in [2.75, 3.05) is 5.32 Å². The first kappa shape index (κ1) is 18.0. The van der Waals surface area contributed by atoms with Gasteiger partial charge in [-0.3, -0.25) is 0 Å². The van der Waals surface area contributed by atoms with Gasteiger partial charge in [-0.1, -0.05) is 24.2 Å². The number of nitrogens with zero attached hydrogens (tertiary/aromatic N) is 4. The van der Waals surface area contributed by atoms with Crippen molar-refractivity contribution < 1.29 is 8.91 Å². The van der Waals surface area contributed by atoms with Gasteiger partial charge in [-0.15, -0.1) is 0 Å². The van der Waals surface area contributed by atoms with Gasteiger partial charge in [0.25, 0.3) is 5.89 Å². The highest BCUT2D eigenvalue weighted by molar-refractivity contribution is 5.96. The Morgan fingerprint density at radius 1 is 1.11 bits per heavy atom. The van der Waals surface area contributed by atoms with E-state index in [1.165, 1.54) is 12.1 Å². The number of benzene rings is 1. The fourth-order valence-electron chi connectivity index (χ4n) is 3.05. The van der Waals surface area contributed by atoms with E-state index in [0.29, 0.717) is 29.3 Å². The molecule has 6 nitrogen and oxygen atoms in total. The molecule has 4 aromatic rings. The predicted octanol–water partition coefficient (Wildman–Crippen LogP) is 4.86. The Bertz CT molecular complexity index is 1120. The van der Waals surface area contributed by atoms with Crippen molar-refractivity contribution in [2.45, 2.75) is 33.2 Å². The second-order valence-corrected chi connectivity index (χ2v) is 6.66. The summed E-state index contributed by atoms with van der Waals surface area (Å²) >= 11 is 0. The molecule has 0 fully saturated rings.